The van der Waals surface area contributed by atoms with Crippen molar-refractivity contribution < 1.29 is 30.0 Å². The SMILES string of the molecule is CCC(CC)C(=O)/C=C(\O)C(CC)CC.Cc1ccc2c([Si](C)(C)C)cc(-c3nccc4c3sc3c4nc4n3CCc3ccccc3-4)[c-]c2c1.[Ir]. The van der Waals surface area contributed by atoms with Crippen molar-refractivity contribution in [1.82, 2.24) is 14.5 Å². The predicted octanol–water partition coefficient (Wildman–Crippen LogP) is 11.2. The first-order valence-corrected chi connectivity index (χ1v) is 22.6. The van der Waals surface area contributed by atoms with Crippen LogP contribution >= 0.6 is 11.3 Å². The van der Waals surface area contributed by atoms with E-state index in [1.54, 1.807) is 0 Å². The molecule has 6 aromatic rings. The molecule has 5 nitrogen and oxygen atoms in total. The molecule has 0 atom stereocenters. The van der Waals surface area contributed by atoms with Gasteiger partial charge in [0.15, 0.2) is 5.78 Å². The van der Waals surface area contributed by atoms with Crippen molar-refractivity contribution in [3.8, 4) is 22.6 Å². The molecule has 3 aromatic carbocycles. The zero-order valence-corrected chi connectivity index (χ0v) is 35.4. The van der Waals surface area contributed by atoms with Gasteiger partial charge in [0.2, 0.25) is 0 Å². The van der Waals surface area contributed by atoms with Crippen LogP contribution in [0.15, 0.2) is 72.6 Å². The second-order valence-electron chi connectivity index (χ2n) is 14.7. The predicted molar refractivity (Wildman–Crippen MR) is 215 cm³/mol. The van der Waals surface area contributed by atoms with Crippen LogP contribution in [0.3, 0.4) is 0 Å². The molecule has 0 aliphatic carbocycles. The number of imidazole rings is 1. The van der Waals surface area contributed by atoms with Crippen molar-refractivity contribution in [3.63, 3.8) is 0 Å². The molecule has 4 heterocycles. The van der Waals surface area contributed by atoms with Crippen LogP contribution in [0.25, 0.3) is 53.9 Å². The van der Waals surface area contributed by atoms with Gasteiger partial charge in [-0.15, -0.1) is 40.1 Å². The van der Waals surface area contributed by atoms with Crippen molar-refractivity contribution >= 4 is 61.6 Å². The van der Waals surface area contributed by atoms with Crippen LogP contribution in [0.4, 0.5) is 0 Å². The maximum atomic E-state index is 11.7. The Morgan fingerprint density at radius 2 is 1.69 bits per heavy atom. The Morgan fingerprint density at radius 3 is 2.37 bits per heavy atom. The number of aliphatic hydroxyl groups is 1. The number of aryl methyl sites for hydroxylation is 3. The van der Waals surface area contributed by atoms with Gasteiger partial charge in [-0.2, -0.15) is 0 Å². The molecule has 0 bridgehead atoms. The fraction of sp³-hybridized carbons (Fsp3) is 0.372. The zero-order valence-electron chi connectivity index (χ0n) is 31.2. The first-order chi connectivity index (χ1) is 24.0. The minimum atomic E-state index is -1.58. The van der Waals surface area contributed by atoms with E-state index in [1.165, 1.54) is 53.6 Å². The van der Waals surface area contributed by atoms with Crippen LogP contribution in [0.5, 0.6) is 0 Å². The number of carbonyl (C=O) groups excluding carboxylic acids is 1. The molecule has 51 heavy (non-hydrogen) atoms. The summed E-state index contributed by atoms with van der Waals surface area (Å²) in [4.78, 5) is 23.1. The summed E-state index contributed by atoms with van der Waals surface area (Å²) in [5.74, 6) is 1.65. The summed E-state index contributed by atoms with van der Waals surface area (Å²) in [6, 6.07) is 23.7. The van der Waals surface area contributed by atoms with Crippen LogP contribution in [0.2, 0.25) is 19.6 Å². The molecule has 1 aliphatic rings. The van der Waals surface area contributed by atoms with Gasteiger partial charge in [-0.05, 0) is 50.7 Å². The number of fused-ring (bicyclic) bond motifs is 8. The topological polar surface area (TPSA) is 68.0 Å². The van der Waals surface area contributed by atoms with Crippen molar-refractivity contribution in [2.45, 2.75) is 92.9 Å². The van der Waals surface area contributed by atoms with Gasteiger partial charge in [0.1, 0.15) is 16.2 Å². The molecule has 0 unspecified atom stereocenters. The number of thiophene rings is 1. The van der Waals surface area contributed by atoms with Crippen molar-refractivity contribution in [2.24, 2.45) is 11.8 Å². The number of pyridine rings is 1. The molecule has 1 N–H and O–H groups in total. The summed E-state index contributed by atoms with van der Waals surface area (Å²) in [6.45, 7) is 18.5. The zero-order chi connectivity index (χ0) is 35.7. The van der Waals surface area contributed by atoms with E-state index < -0.39 is 8.07 Å². The van der Waals surface area contributed by atoms with E-state index >= 15 is 0 Å². The standard InChI is InChI=1S/C30H26N3SSi.C13H24O2.Ir/c1-18-9-10-22-20(15-18)16-21(17-25(22)35(2,3)4)26-28-24(11-13-31-26)27-30(34-28)33-14-12-19-7-5-6-8-23(19)29(33)32-27;1-5-10(6-2)12(14)9-13(15)11(7-3)8-4;/h5-11,13,15,17H,12,14H2,1-4H3;9-11,14H,5-8H2,1-4H3;/q-1;;/b;12-9-;. The third kappa shape index (κ3) is 7.71. The van der Waals surface area contributed by atoms with Crippen LogP contribution < -0.4 is 5.19 Å². The average Bonchev–Trinajstić information content (AvgIpc) is 3.65. The Kier molecular flexibility index (Phi) is 12.2. The Balaban J connectivity index is 0.000000271. The van der Waals surface area contributed by atoms with E-state index in [1.807, 2.05) is 45.2 Å². The van der Waals surface area contributed by atoms with E-state index in [4.69, 9.17) is 9.97 Å². The summed E-state index contributed by atoms with van der Waals surface area (Å²) in [6.07, 6.45) is 7.90. The van der Waals surface area contributed by atoms with Gasteiger partial charge in [-0.3, -0.25) is 9.78 Å². The molecule has 0 saturated carbocycles. The quantitative estimate of drug-likeness (QED) is 0.0680. The molecular formula is C43H50IrN3O2SSi-. The molecule has 0 spiro atoms. The average molecular weight is 893 g/mol. The molecule has 7 rings (SSSR count). The van der Waals surface area contributed by atoms with Gasteiger partial charge in [0.05, 0.1) is 13.8 Å². The second-order valence-corrected chi connectivity index (χ2v) is 20.7. The van der Waals surface area contributed by atoms with E-state index in [0.717, 1.165) is 61.2 Å². The number of benzene rings is 3. The summed E-state index contributed by atoms with van der Waals surface area (Å²) in [7, 11) is -1.58. The molecular weight excluding hydrogens is 843 g/mol. The molecule has 1 radical (unpaired) electrons. The maximum absolute atomic E-state index is 11.7. The number of carbonyl (C=O) groups is 1. The third-order valence-electron chi connectivity index (χ3n) is 10.3. The third-order valence-corrected chi connectivity index (χ3v) is 13.6. The van der Waals surface area contributed by atoms with E-state index in [9.17, 15) is 9.90 Å². The van der Waals surface area contributed by atoms with Gasteiger partial charge in [-0.25, -0.2) is 4.98 Å². The summed E-state index contributed by atoms with van der Waals surface area (Å²) < 4.78 is 3.62. The van der Waals surface area contributed by atoms with E-state index in [2.05, 4.69) is 91.8 Å². The molecule has 0 saturated heterocycles. The van der Waals surface area contributed by atoms with Gasteiger partial charge in [0, 0.05) is 72.1 Å². The van der Waals surface area contributed by atoms with E-state index in [-0.39, 0.29) is 43.5 Å². The Hall–Kier alpha value is -3.42. The second kappa shape index (κ2) is 16.1. The largest absolute Gasteiger partial charge is 0.512 e. The summed E-state index contributed by atoms with van der Waals surface area (Å²) >= 11 is 1.83. The normalized spacial score (nSPS) is 12.9. The number of aliphatic hydroxyl groups excluding tert-OH is 1. The van der Waals surface area contributed by atoms with Crippen molar-refractivity contribution in [1.29, 1.82) is 0 Å². The first kappa shape index (κ1) is 38.8. The first-order valence-electron chi connectivity index (χ1n) is 18.3. The number of hydrogen-bond donors (Lipinski definition) is 1. The molecule has 269 valence electrons. The Morgan fingerprint density at radius 1 is 0.980 bits per heavy atom. The minimum absolute atomic E-state index is 0. The Bertz CT molecular complexity index is 2220. The molecule has 0 amide bonds. The number of aromatic nitrogens is 3. The minimum Gasteiger partial charge on any atom is -0.512 e. The molecule has 0 fully saturated rings. The summed E-state index contributed by atoms with van der Waals surface area (Å²) in [5.41, 5.74) is 7.15. The van der Waals surface area contributed by atoms with Gasteiger partial charge < -0.3 is 9.67 Å². The number of rotatable bonds is 9. The maximum Gasteiger partial charge on any atom is 0.162 e. The van der Waals surface area contributed by atoms with Crippen LogP contribution in [0.1, 0.15) is 64.5 Å². The van der Waals surface area contributed by atoms with Crippen LogP contribution in [-0.4, -0.2) is 33.5 Å². The number of ketones is 1. The summed E-state index contributed by atoms with van der Waals surface area (Å²) in [5, 5.41) is 14.9. The monoisotopic (exact) mass is 893 g/mol. The van der Waals surface area contributed by atoms with Gasteiger partial charge >= 0.3 is 0 Å². The van der Waals surface area contributed by atoms with Gasteiger partial charge in [0.25, 0.3) is 0 Å². The van der Waals surface area contributed by atoms with E-state index in [0.29, 0.717) is 0 Å². The van der Waals surface area contributed by atoms with Gasteiger partial charge in [-0.1, -0.05) is 100 Å². The molecule has 3 aromatic heterocycles. The van der Waals surface area contributed by atoms with Crippen molar-refractivity contribution in [2.75, 3.05) is 0 Å². The molecule has 8 heteroatoms. The van der Waals surface area contributed by atoms with Crippen LogP contribution in [-0.2, 0) is 37.9 Å². The molecule has 1 aliphatic heterocycles. The fourth-order valence-electron chi connectivity index (χ4n) is 7.27. The van der Waals surface area contributed by atoms with Crippen LogP contribution in [0, 0.1) is 24.8 Å². The van der Waals surface area contributed by atoms with Crippen molar-refractivity contribution in [3.05, 3.63) is 89.8 Å². The number of nitrogens with zero attached hydrogens (tertiary/aromatic N) is 3. The fourth-order valence-corrected chi connectivity index (χ4v) is 10.1. The number of hydrogen-bond acceptors (Lipinski definition) is 5. The smallest absolute Gasteiger partial charge is 0.162 e. The number of allylic oxidation sites excluding steroid dienone is 2. The Labute approximate surface area is 321 Å².